The first kappa shape index (κ1) is 16.1. The van der Waals surface area contributed by atoms with Crippen molar-refractivity contribution in [3.63, 3.8) is 0 Å². The van der Waals surface area contributed by atoms with Crippen LogP contribution in [0.2, 0.25) is 0 Å². The Kier molecular flexibility index (Phi) is 6.15. The zero-order valence-electron chi connectivity index (χ0n) is 12.0. The smallest absolute Gasteiger partial charge is 0.343 e. The average Bonchev–Trinajstić information content (AvgIpc) is 2.39. The Bertz CT molecular complexity index is 468. The molecule has 0 unspecified atom stereocenters. The number of carbonyl (C=O) groups is 1. The Morgan fingerprint density at radius 1 is 1.20 bits per heavy atom. The standard InChI is InChI=1S/C15H22O5/c1-3-5-6-8-20-14-10(7-4-2)9-11(16)13(17)12(14)15(18)19/h9,16-17H,3-8H2,1-2H3,(H,18,19). The van der Waals surface area contributed by atoms with E-state index in [2.05, 4.69) is 6.92 Å². The van der Waals surface area contributed by atoms with Gasteiger partial charge in [0.25, 0.3) is 0 Å². The molecule has 0 aliphatic carbocycles. The number of ether oxygens (including phenoxy) is 1. The van der Waals surface area contributed by atoms with E-state index in [4.69, 9.17) is 4.74 Å². The van der Waals surface area contributed by atoms with Crippen molar-refractivity contribution in [3.05, 3.63) is 17.2 Å². The summed E-state index contributed by atoms with van der Waals surface area (Å²) in [6, 6.07) is 1.38. The molecule has 3 N–H and O–H groups in total. The maximum atomic E-state index is 11.3. The van der Waals surface area contributed by atoms with Crippen molar-refractivity contribution in [1.29, 1.82) is 0 Å². The third-order valence-corrected chi connectivity index (χ3v) is 3.04. The van der Waals surface area contributed by atoms with Crippen molar-refractivity contribution in [2.75, 3.05) is 6.61 Å². The number of phenolic OH excluding ortho intramolecular Hbond substituents is 1. The number of benzene rings is 1. The van der Waals surface area contributed by atoms with Crippen LogP contribution >= 0.6 is 0 Å². The van der Waals surface area contributed by atoms with Gasteiger partial charge in [0.1, 0.15) is 11.3 Å². The van der Waals surface area contributed by atoms with E-state index in [1.165, 1.54) is 6.07 Å². The summed E-state index contributed by atoms with van der Waals surface area (Å²) >= 11 is 0. The van der Waals surface area contributed by atoms with Crippen LogP contribution in [-0.4, -0.2) is 27.9 Å². The predicted octanol–water partition coefficient (Wildman–Crippen LogP) is 3.32. The largest absolute Gasteiger partial charge is 0.504 e. The first-order chi connectivity index (χ1) is 9.52. The van der Waals surface area contributed by atoms with Gasteiger partial charge in [0.2, 0.25) is 0 Å². The number of aromatic carboxylic acids is 1. The van der Waals surface area contributed by atoms with Gasteiger partial charge in [0.05, 0.1) is 6.61 Å². The second-order valence-electron chi connectivity index (χ2n) is 4.72. The van der Waals surface area contributed by atoms with E-state index in [0.717, 1.165) is 25.7 Å². The summed E-state index contributed by atoms with van der Waals surface area (Å²) in [5.41, 5.74) is 0.252. The molecule has 0 amide bonds. The number of rotatable bonds is 8. The number of phenols is 2. The number of aromatic hydroxyl groups is 2. The van der Waals surface area contributed by atoms with Gasteiger partial charge in [-0.1, -0.05) is 33.1 Å². The Hall–Kier alpha value is -1.91. The van der Waals surface area contributed by atoms with E-state index in [9.17, 15) is 20.1 Å². The first-order valence-corrected chi connectivity index (χ1v) is 6.96. The topological polar surface area (TPSA) is 87.0 Å². The van der Waals surface area contributed by atoms with E-state index in [1.807, 2.05) is 6.92 Å². The minimum Gasteiger partial charge on any atom is -0.504 e. The molecule has 5 nitrogen and oxygen atoms in total. The summed E-state index contributed by atoms with van der Waals surface area (Å²) in [5.74, 6) is -2.19. The van der Waals surface area contributed by atoms with E-state index >= 15 is 0 Å². The Balaban J connectivity index is 3.13. The highest BCUT2D eigenvalue weighted by Gasteiger charge is 2.23. The van der Waals surface area contributed by atoms with Crippen LogP contribution in [0, 0.1) is 0 Å². The first-order valence-electron chi connectivity index (χ1n) is 6.96. The molecule has 0 fully saturated rings. The number of unbranched alkanes of at least 4 members (excludes halogenated alkanes) is 2. The second-order valence-corrected chi connectivity index (χ2v) is 4.72. The summed E-state index contributed by atoms with van der Waals surface area (Å²) < 4.78 is 5.57. The SMILES string of the molecule is CCCCCOc1c(CCC)cc(O)c(O)c1C(=O)O. The van der Waals surface area contributed by atoms with E-state index < -0.39 is 17.5 Å². The molecule has 0 aromatic heterocycles. The molecular formula is C15H22O5. The van der Waals surface area contributed by atoms with Gasteiger partial charge < -0.3 is 20.1 Å². The lowest BCUT2D eigenvalue weighted by molar-refractivity contribution is 0.0687. The third-order valence-electron chi connectivity index (χ3n) is 3.04. The summed E-state index contributed by atoms with van der Waals surface area (Å²) in [6.45, 7) is 4.41. The highest BCUT2D eigenvalue weighted by Crippen LogP contribution is 2.39. The van der Waals surface area contributed by atoms with Crippen LogP contribution in [0.1, 0.15) is 55.5 Å². The molecule has 0 radical (unpaired) electrons. The van der Waals surface area contributed by atoms with Gasteiger partial charge in [-0.2, -0.15) is 0 Å². The zero-order chi connectivity index (χ0) is 15.1. The minimum atomic E-state index is -1.30. The molecule has 112 valence electrons. The molecule has 0 heterocycles. The monoisotopic (exact) mass is 282 g/mol. The van der Waals surface area contributed by atoms with Crippen LogP contribution in [0.5, 0.6) is 17.2 Å². The van der Waals surface area contributed by atoms with Crippen LogP contribution in [0.25, 0.3) is 0 Å². The van der Waals surface area contributed by atoms with Crippen LogP contribution in [0.3, 0.4) is 0 Å². The zero-order valence-corrected chi connectivity index (χ0v) is 12.0. The molecule has 0 bridgehead atoms. The molecule has 5 heteroatoms. The Morgan fingerprint density at radius 3 is 2.45 bits per heavy atom. The molecular weight excluding hydrogens is 260 g/mol. The minimum absolute atomic E-state index is 0.172. The van der Waals surface area contributed by atoms with Crippen molar-refractivity contribution in [2.24, 2.45) is 0 Å². The third kappa shape index (κ3) is 3.79. The number of aryl methyl sites for hydroxylation is 1. The van der Waals surface area contributed by atoms with Gasteiger partial charge in [-0.3, -0.25) is 0 Å². The van der Waals surface area contributed by atoms with Crippen molar-refractivity contribution >= 4 is 5.97 Å². The van der Waals surface area contributed by atoms with Crippen molar-refractivity contribution in [1.82, 2.24) is 0 Å². The fourth-order valence-corrected chi connectivity index (χ4v) is 2.04. The van der Waals surface area contributed by atoms with E-state index in [1.54, 1.807) is 0 Å². The van der Waals surface area contributed by atoms with E-state index in [-0.39, 0.29) is 11.3 Å². The molecule has 0 aliphatic rings. The van der Waals surface area contributed by atoms with Gasteiger partial charge >= 0.3 is 5.97 Å². The lowest BCUT2D eigenvalue weighted by Gasteiger charge is -2.16. The van der Waals surface area contributed by atoms with E-state index in [0.29, 0.717) is 18.6 Å². The van der Waals surface area contributed by atoms with Gasteiger partial charge in [-0.05, 0) is 24.5 Å². The van der Waals surface area contributed by atoms with Crippen LogP contribution in [0.4, 0.5) is 0 Å². The maximum Gasteiger partial charge on any atom is 0.343 e. The molecule has 1 aromatic carbocycles. The second kappa shape index (κ2) is 7.62. The molecule has 0 spiro atoms. The molecule has 1 rings (SSSR count). The molecule has 0 saturated carbocycles. The fourth-order valence-electron chi connectivity index (χ4n) is 2.04. The summed E-state index contributed by atoms with van der Waals surface area (Å²) in [5, 5.41) is 28.6. The molecule has 0 aliphatic heterocycles. The predicted molar refractivity (Wildman–Crippen MR) is 75.7 cm³/mol. The number of hydrogen-bond donors (Lipinski definition) is 3. The molecule has 1 aromatic rings. The lowest BCUT2D eigenvalue weighted by atomic mass is 10.0. The normalized spacial score (nSPS) is 10.5. The van der Waals surface area contributed by atoms with Crippen LogP contribution in [0.15, 0.2) is 6.07 Å². The van der Waals surface area contributed by atoms with Crippen molar-refractivity contribution in [2.45, 2.75) is 46.0 Å². The van der Waals surface area contributed by atoms with Gasteiger partial charge in [-0.25, -0.2) is 4.79 Å². The number of hydrogen-bond acceptors (Lipinski definition) is 4. The quantitative estimate of drug-likeness (QED) is 0.503. The summed E-state index contributed by atoms with van der Waals surface area (Å²) in [6.07, 6.45) is 4.22. The Morgan fingerprint density at radius 2 is 1.90 bits per heavy atom. The van der Waals surface area contributed by atoms with Gasteiger partial charge in [-0.15, -0.1) is 0 Å². The summed E-state index contributed by atoms with van der Waals surface area (Å²) in [7, 11) is 0. The Labute approximate surface area is 118 Å². The summed E-state index contributed by atoms with van der Waals surface area (Å²) in [4.78, 5) is 11.3. The van der Waals surface area contributed by atoms with Crippen molar-refractivity contribution < 1.29 is 24.9 Å². The van der Waals surface area contributed by atoms with Gasteiger partial charge in [0, 0.05) is 0 Å². The van der Waals surface area contributed by atoms with Crippen molar-refractivity contribution in [3.8, 4) is 17.2 Å². The lowest BCUT2D eigenvalue weighted by Crippen LogP contribution is -2.08. The molecule has 0 atom stereocenters. The average molecular weight is 282 g/mol. The number of carboxylic acids is 1. The van der Waals surface area contributed by atoms with Gasteiger partial charge in [0.15, 0.2) is 11.5 Å². The van der Waals surface area contributed by atoms with Crippen LogP contribution in [-0.2, 0) is 6.42 Å². The maximum absolute atomic E-state index is 11.3. The highest BCUT2D eigenvalue weighted by molar-refractivity contribution is 5.95. The molecule has 20 heavy (non-hydrogen) atoms. The highest BCUT2D eigenvalue weighted by atomic mass is 16.5. The molecule has 0 saturated heterocycles. The van der Waals surface area contributed by atoms with Crippen LogP contribution < -0.4 is 4.74 Å². The number of carboxylic acid groups (broad SMARTS) is 1. The fraction of sp³-hybridized carbons (Fsp3) is 0.533.